The molecule has 0 aliphatic rings. The highest BCUT2D eigenvalue weighted by molar-refractivity contribution is 4.99. The molecule has 0 saturated heterocycles. The first-order chi connectivity index (χ1) is 4.59. The predicted molar refractivity (Wildman–Crippen MR) is 40.2 cm³/mol. The highest BCUT2D eigenvalue weighted by atomic mass is 19.1. The highest BCUT2D eigenvalue weighted by Crippen LogP contribution is 2.14. The van der Waals surface area contributed by atoms with Crippen LogP contribution >= 0.6 is 0 Å². The Morgan fingerprint density at radius 2 is 2.20 bits per heavy atom. The van der Waals surface area contributed by atoms with Gasteiger partial charge in [-0.05, 0) is 6.92 Å². The molecule has 2 heteroatoms. The summed E-state index contributed by atoms with van der Waals surface area (Å²) in [5.74, 6) is -0.984. The van der Waals surface area contributed by atoms with Crippen LogP contribution in [-0.2, 0) is 0 Å². The van der Waals surface area contributed by atoms with Crippen LogP contribution in [0.3, 0.4) is 0 Å². The summed E-state index contributed by atoms with van der Waals surface area (Å²) in [5, 5.41) is 9.10. The van der Waals surface area contributed by atoms with Crippen LogP contribution in [0.4, 0.5) is 4.39 Å². The van der Waals surface area contributed by atoms with E-state index >= 15 is 0 Å². The van der Waals surface area contributed by atoms with Crippen molar-refractivity contribution in [1.29, 1.82) is 0 Å². The number of halogens is 1. The van der Waals surface area contributed by atoms with Crippen LogP contribution in [0.25, 0.3) is 0 Å². The number of aliphatic hydroxyl groups excluding tert-OH is 1. The van der Waals surface area contributed by atoms with Gasteiger partial charge in [0.05, 0.1) is 11.9 Å². The molecular formula is C8H13FO. The number of rotatable bonds is 3. The SMILES string of the molecule is C=C(F)C(C)C(O)/C=C\C. The van der Waals surface area contributed by atoms with Crippen LogP contribution in [0.2, 0.25) is 0 Å². The summed E-state index contributed by atoms with van der Waals surface area (Å²) in [6.07, 6.45) is 2.47. The summed E-state index contributed by atoms with van der Waals surface area (Å²) in [4.78, 5) is 0. The number of hydrogen-bond donors (Lipinski definition) is 1. The summed E-state index contributed by atoms with van der Waals surface area (Å²) >= 11 is 0. The molecule has 0 bridgehead atoms. The van der Waals surface area contributed by atoms with Crippen molar-refractivity contribution in [2.24, 2.45) is 5.92 Å². The third-order valence-corrected chi connectivity index (χ3v) is 1.40. The summed E-state index contributed by atoms with van der Waals surface area (Å²) in [5.41, 5.74) is 0. The lowest BCUT2D eigenvalue weighted by atomic mass is 10.0. The Morgan fingerprint density at radius 3 is 2.50 bits per heavy atom. The third kappa shape index (κ3) is 2.78. The Balaban J connectivity index is 3.93. The lowest BCUT2D eigenvalue weighted by Crippen LogP contribution is -2.14. The molecule has 0 aromatic rings. The van der Waals surface area contributed by atoms with Crippen LogP contribution < -0.4 is 0 Å². The molecule has 2 unspecified atom stereocenters. The molecule has 58 valence electrons. The van der Waals surface area contributed by atoms with Gasteiger partial charge in [0.25, 0.3) is 0 Å². The van der Waals surface area contributed by atoms with Gasteiger partial charge in [0, 0.05) is 5.92 Å². The lowest BCUT2D eigenvalue weighted by molar-refractivity contribution is 0.167. The Morgan fingerprint density at radius 1 is 1.70 bits per heavy atom. The summed E-state index contributed by atoms with van der Waals surface area (Å²) in [6.45, 7) is 6.46. The molecule has 1 nitrogen and oxygen atoms in total. The van der Waals surface area contributed by atoms with Crippen molar-refractivity contribution in [3.05, 3.63) is 24.6 Å². The van der Waals surface area contributed by atoms with E-state index in [1.165, 1.54) is 6.08 Å². The topological polar surface area (TPSA) is 20.2 Å². The molecule has 0 aromatic carbocycles. The predicted octanol–water partition coefficient (Wildman–Crippen LogP) is 2.04. The van der Waals surface area contributed by atoms with Crippen molar-refractivity contribution in [3.8, 4) is 0 Å². The second-order valence-electron chi connectivity index (χ2n) is 2.25. The maximum absolute atomic E-state index is 12.3. The lowest BCUT2D eigenvalue weighted by Gasteiger charge is -2.11. The molecule has 0 spiro atoms. The number of allylic oxidation sites excluding steroid dienone is 1. The van der Waals surface area contributed by atoms with Crippen molar-refractivity contribution < 1.29 is 9.50 Å². The molecule has 0 saturated carbocycles. The first kappa shape index (κ1) is 9.37. The van der Waals surface area contributed by atoms with E-state index in [2.05, 4.69) is 6.58 Å². The van der Waals surface area contributed by atoms with Gasteiger partial charge in [-0.25, -0.2) is 4.39 Å². The van der Waals surface area contributed by atoms with Crippen LogP contribution in [0, 0.1) is 5.92 Å². The van der Waals surface area contributed by atoms with Gasteiger partial charge in [0.1, 0.15) is 0 Å². The second kappa shape index (κ2) is 4.23. The zero-order valence-electron chi connectivity index (χ0n) is 6.34. The zero-order valence-corrected chi connectivity index (χ0v) is 6.34. The van der Waals surface area contributed by atoms with E-state index in [9.17, 15) is 4.39 Å². The van der Waals surface area contributed by atoms with Crippen LogP contribution in [-0.4, -0.2) is 11.2 Å². The van der Waals surface area contributed by atoms with Crippen molar-refractivity contribution >= 4 is 0 Å². The fourth-order valence-corrected chi connectivity index (χ4v) is 0.549. The minimum atomic E-state index is -0.748. The molecule has 0 rings (SSSR count). The van der Waals surface area contributed by atoms with Crippen LogP contribution in [0.1, 0.15) is 13.8 Å². The fraction of sp³-hybridized carbons (Fsp3) is 0.500. The minimum Gasteiger partial charge on any atom is -0.388 e. The van der Waals surface area contributed by atoms with Crippen LogP contribution in [0.5, 0.6) is 0 Å². The highest BCUT2D eigenvalue weighted by Gasteiger charge is 2.13. The van der Waals surface area contributed by atoms with Gasteiger partial charge in [-0.2, -0.15) is 0 Å². The van der Waals surface area contributed by atoms with Crippen molar-refractivity contribution in [1.82, 2.24) is 0 Å². The largest absolute Gasteiger partial charge is 0.388 e. The monoisotopic (exact) mass is 144 g/mol. The van der Waals surface area contributed by atoms with E-state index in [1.54, 1.807) is 19.9 Å². The maximum Gasteiger partial charge on any atom is 0.0985 e. The first-order valence-electron chi connectivity index (χ1n) is 3.24. The van der Waals surface area contributed by atoms with Crippen LogP contribution in [0.15, 0.2) is 24.6 Å². The molecule has 0 aliphatic carbocycles. The normalized spacial score (nSPS) is 17.2. The van der Waals surface area contributed by atoms with Crippen molar-refractivity contribution in [2.45, 2.75) is 20.0 Å². The molecule has 10 heavy (non-hydrogen) atoms. The van der Waals surface area contributed by atoms with Gasteiger partial charge >= 0.3 is 0 Å². The van der Waals surface area contributed by atoms with E-state index in [-0.39, 0.29) is 0 Å². The maximum atomic E-state index is 12.3. The Kier molecular flexibility index (Phi) is 3.96. The summed E-state index contributed by atoms with van der Waals surface area (Å²) < 4.78 is 12.3. The minimum absolute atomic E-state index is 0.481. The molecule has 0 amide bonds. The average Bonchev–Trinajstić information content (AvgIpc) is 1.87. The molecule has 1 N–H and O–H groups in total. The molecule has 0 fully saturated rings. The van der Waals surface area contributed by atoms with Gasteiger partial charge < -0.3 is 5.11 Å². The van der Waals surface area contributed by atoms with E-state index in [1.807, 2.05) is 0 Å². The van der Waals surface area contributed by atoms with Gasteiger partial charge in [-0.3, -0.25) is 0 Å². The quantitative estimate of drug-likeness (QED) is 0.601. The van der Waals surface area contributed by atoms with Gasteiger partial charge in [0.15, 0.2) is 0 Å². The van der Waals surface area contributed by atoms with Gasteiger partial charge in [-0.15, -0.1) is 0 Å². The fourth-order valence-electron chi connectivity index (χ4n) is 0.549. The van der Waals surface area contributed by atoms with E-state index < -0.39 is 17.8 Å². The first-order valence-corrected chi connectivity index (χ1v) is 3.24. The van der Waals surface area contributed by atoms with Crippen molar-refractivity contribution in [3.63, 3.8) is 0 Å². The van der Waals surface area contributed by atoms with Crippen molar-refractivity contribution in [2.75, 3.05) is 0 Å². The Hall–Kier alpha value is -0.630. The van der Waals surface area contributed by atoms with Gasteiger partial charge in [0.2, 0.25) is 0 Å². The van der Waals surface area contributed by atoms with Gasteiger partial charge in [-0.1, -0.05) is 25.7 Å². The molecule has 0 aromatic heterocycles. The zero-order chi connectivity index (χ0) is 8.15. The summed E-state index contributed by atoms with van der Waals surface area (Å²) in [6, 6.07) is 0. The molecule has 0 radical (unpaired) electrons. The summed E-state index contributed by atoms with van der Waals surface area (Å²) in [7, 11) is 0. The smallest absolute Gasteiger partial charge is 0.0985 e. The molecule has 0 aliphatic heterocycles. The molecular weight excluding hydrogens is 131 g/mol. The van der Waals surface area contributed by atoms with E-state index in [4.69, 9.17) is 5.11 Å². The van der Waals surface area contributed by atoms with E-state index in [0.29, 0.717) is 0 Å². The molecule has 2 atom stereocenters. The average molecular weight is 144 g/mol. The third-order valence-electron chi connectivity index (χ3n) is 1.40. The molecule has 0 heterocycles. The Bertz CT molecular complexity index is 140. The second-order valence-corrected chi connectivity index (χ2v) is 2.25. The standard InChI is InChI=1S/C8H13FO/c1-4-5-8(10)6(2)7(3)9/h4-6,8,10H,3H2,1-2H3/b5-4-. The Labute approximate surface area is 60.9 Å². The number of aliphatic hydroxyl groups is 1. The van der Waals surface area contributed by atoms with E-state index in [0.717, 1.165) is 0 Å². The number of hydrogen-bond acceptors (Lipinski definition) is 1.